The molecular formula is C31H33FO2. The van der Waals surface area contributed by atoms with Gasteiger partial charge in [-0.15, -0.1) is 0 Å². The minimum absolute atomic E-state index is 0.119. The van der Waals surface area contributed by atoms with Crippen LogP contribution in [0.1, 0.15) is 52.5 Å². The minimum atomic E-state index is -0.295. The molecule has 0 saturated heterocycles. The summed E-state index contributed by atoms with van der Waals surface area (Å²) in [7, 11) is 1.55. The molecule has 4 rings (SSSR count). The van der Waals surface area contributed by atoms with E-state index in [0.717, 1.165) is 29.4 Å². The first-order valence-electron chi connectivity index (χ1n) is 11.9. The molecule has 1 aliphatic rings. The molecule has 0 spiro atoms. The van der Waals surface area contributed by atoms with Gasteiger partial charge in [0.15, 0.2) is 0 Å². The maximum atomic E-state index is 15.5. The quantitative estimate of drug-likeness (QED) is 0.344. The van der Waals surface area contributed by atoms with Gasteiger partial charge in [-0.3, -0.25) is 0 Å². The highest BCUT2D eigenvalue weighted by Crippen LogP contribution is 2.41. The van der Waals surface area contributed by atoms with Gasteiger partial charge in [-0.2, -0.15) is 0 Å². The van der Waals surface area contributed by atoms with Gasteiger partial charge in [0.1, 0.15) is 23.1 Å². The van der Waals surface area contributed by atoms with Gasteiger partial charge < -0.3 is 9.47 Å². The molecule has 3 heteroatoms. The summed E-state index contributed by atoms with van der Waals surface area (Å²) in [5, 5.41) is 2.13. The van der Waals surface area contributed by atoms with E-state index < -0.39 is 0 Å². The van der Waals surface area contributed by atoms with Gasteiger partial charge in [-0.05, 0) is 73.3 Å². The third-order valence-corrected chi connectivity index (χ3v) is 6.78. The van der Waals surface area contributed by atoms with Crippen molar-refractivity contribution in [3.63, 3.8) is 0 Å². The Hall–Kier alpha value is -3.33. The van der Waals surface area contributed by atoms with Gasteiger partial charge in [0.25, 0.3) is 0 Å². The topological polar surface area (TPSA) is 18.5 Å². The Kier molecular flexibility index (Phi) is 6.92. The summed E-state index contributed by atoms with van der Waals surface area (Å²) >= 11 is 0. The molecule has 0 radical (unpaired) electrons. The van der Waals surface area contributed by atoms with Crippen molar-refractivity contribution in [3.8, 4) is 17.2 Å². The van der Waals surface area contributed by atoms with E-state index in [1.165, 1.54) is 17.6 Å². The largest absolute Gasteiger partial charge is 0.496 e. The lowest BCUT2D eigenvalue weighted by atomic mass is 9.72. The Morgan fingerprint density at radius 2 is 1.76 bits per heavy atom. The summed E-state index contributed by atoms with van der Waals surface area (Å²) in [6.07, 6.45) is 7.46. The molecule has 2 nitrogen and oxygen atoms in total. The van der Waals surface area contributed by atoms with E-state index >= 15 is 4.39 Å². The van der Waals surface area contributed by atoms with Gasteiger partial charge in [-0.25, -0.2) is 4.39 Å². The number of allylic oxidation sites excluding steroid dienone is 5. The van der Waals surface area contributed by atoms with Crippen molar-refractivity contribution in [1.29, 1.82) is 0 Å². The van der Waals surface area contributed by atoms with Crippen molar-refractivity contribution in [2.75, 3.05) is 7.11 Å². The Morgan fingerprint density at radius 1 is 1.00 bits per heavy atom. The number of benzene rings is 3. The summed E-state index contributed by atoms with van der Waals surface area (Å²) < 4.78 is 27.2. The van der Waals surface area contributed by atoms with E-state index in [9.17, 15) is 0 Å². The summed E-state index contributed by atoms with van der Waals surface area (Å²) in [4.78, 5) is 0. The van der Waals surface area contributed by atoms with Crippen LogP contribution in [0, 0.1) is 5.41 Å². The van der Waals surface area contributed by atoms with Crippen LogP contribution in [0.4, 0.5) is 4.39 Å². The van der Waals surface area contributed by atoms with Crippen LogP contribution in [0.25, 0.3) is 16.6 Å². The Bertz CT molecular complexity index is 1290. The zero-order chi connectivity index (χ0) is 24.3. The maximum absolute atomic E-state index is 15.5. The number of hydrogen-bond acceptors (Lipinski definition) is 2. The van der Waals surface area contributed by atoms with Gasteiger partial charge in [0, 0.05) is 11.5 Å². The molecule has 34 heavy (non-hydrogen) atoms. The molecule has 0 heterocycles. The first-order chi connectivity index (χ1) is 16.3. The van der Waals surface area contributed by atoms with E-state index in [1.54, 1.807) is 32.2 Å². The van der Waals surface area contributed by atoms with Crippen LogP contribution in [0.2, 0.25) is 0 Å². The predicted octanol–water partition coefficient (Wildman–Crippen LogP) is 9.42. The summed E-state index contributed by atoms with van der Waals surface area (Å²) in [5.41, 5.74) is 3.82. The highest BCUT2D eigenvalue weighted by atomic mass is 19.1. The monoisotopic (exact) mass is 456 g/mol. The molecule has 0 aromatic heterocycles. The normalized spacial score (nSPS) is 16.6. The Balaban J connectivity index is 1.62. The minimum Gasteiger partial charge on any atom is -0.496 e. The van der Waals surface area contributed by atoms with Crippen molar-refractivity contribution in [2.24, 2.45) is 5.41 Å². The van der Waals surface area contributed by atoms with E-state index in [-0.39, 0.29) is 11.2 Å². The molecule has 0 amide bonds. The molecule has 3 aromatic rings. The van der Waals surface area contributed by atoms with Gasteiger partial charge in [0.05, 0.1) is 12.7 Å². The Labute approximate surface area is 202 Å². The average Bonchev–Trinajstić information content (AvgIpc) is 2.83. The second-order valence-corrected chi connectivity index (χ2v) is 9.70. The van der Waals surface area contributed by atoms with Gasteiger partial charge >= 0.3 is 0 Å². The standard InChI is InChI=1S/C31H33FO2/c1-21-10-9-19-31(3,4)27(21)18-15-22(2)30(32)26-17-16-24(20-29(26)33-5)34-28-14-8-12-23-11-6-7-13-25(23)28/h6-8,11-18,20H,9-10,19H2,1-5H3/b18-15+,30-22-. The lowest BCUT2D eigenvalue weighted by Crippen LogP contribution is -2.19. The summed E-state index contributed by atoms with van der Waals surface area (Å²) in [5.74, 6) is 1.50. The van der Waals surface area contributed by atoms with Crippen LogP contribution in [-0.4, -0.2) is 7.11 Å². The maximum Gasteiger partial charge on any atom is 0.137 e. The van der Waals surface area contributed by atoms with Crippen LogP contribution in [0.15, 0.2) is 89.5 Å². The lowest BCUT2D eigenvalue weighted by molar-refractivity contribution is 0.377. The molecule has 0 saturated carbocycles. The number of halogens is 1. The average molecular weight is 457 g/mol. The fourth-order valence-corrected chi connectivity index (χ4v) is 4.83. The molecule has 1 aliphatic carbocycles. The van der Waals surface area contributed by atoms with Crippen molar-refractivity contribution < 1.29 is 13.9 Å². The van der Waals surface area contributed by atoms with E-state index in [1.807, 2.05) is 48.5 Å². The molecule has 0 unspecified atom stereocenters. The van der Waals surface area contributed by atoms with E-state index in [2.05, 4.69) is 26.8 Å². The predicted molar refractivity (Wildman–Crippen MR) is 140 cm³/mol. The third kappa shape index (κ3) is 4.94. The molecule has 0 fully saturated rings. The zero-order valence-electron chi connectivity index (χ0n) is 20.7. The highest BCUT2D eigenvalue weighted by Gasteiger charge is 2.26. The first kappa shape index (κ1) is 23.8. The number of fused-ring (bicyclic) bond motifs is 1. The molecule has 0 aliphatic heterocycles. The van der Waals surface area contributed by atoms with Crippen molar-refractivity contribution in [3.05, 3.63) is 95.1 Å². The number of rotatable bonds is 6. The lowest BCUT2D eigenvalue weighted by Gasteiger charge is -2.33. The SMILES string of the molecule is COc1cc(Oc2cccc3ccccc23)ccc1/C(F)=C(C)/C=C/C1=C(C)CCCC1(C)C. The number of ether oxygens (including phenoxy) is 2. The molecular weight excluding hydrogens is 423 g/mol. The highest BCUT2D eigenvalue weighted by molar-refractivity contribution is 5.88. The van der Waals surface area contributed by atoms with Crippen molar-refractivity contribution in [1.82, 2.24) is 0 Å². The fourth-order valence-electron chi connectivity index (χ4n) is 4.83. The molecule has 176 valence electrons. The second kappa shape index (κ2) is 9.89. The number of methoxy groups -OCH3 is 1. The van der Waals surface area contributed by atoms with Crippen LogP contribution in [0.3, 0.4) is 0 Å². The molecule has 3 aromatic carbocycles. The second-order valence-electron chi connectivity index (χ2n) is 9.70. The summed E-state index contributed by atoms with van der Waals surface area (Å²) in [6, 6.07) is 19.3. The fraction of sp³-hybridized carbons (Fsp3) is 0.290. The first-order valence-corrected chi connectivity index (χ1v) is 11.9. The van der Waals surface area contributed by atoms with Crippen LogP contribution in [0.5, 0.6) is 17.2 Å². The molecule has 0 atom stereocenters. The number of hydrogen-bond donors (Lipinski definition) is 0. The van der Waals surface area contributed by atoms with Gasteiger partial charge in [-0.1, -0.05) is 68.0 Å². The van der Waals surface area contributed by atoms with E-state index in [0.29, 0.717) is 22.6 Å². The van der Waals surface area contributed by atoms with Crippen molar-refractivity contribution in [2.45, 2.75) is 47.0 Å². The van der Waals surface area contributed by atoms with Crippen molar-refractivity contribution >= 4 is 16.6 Å². The van der Waals surface area contributed by atoms with E-state index in [4.69, 9.17) is 9.47 Å². The smallest absolute Gasteiger partial charge is 0.137 e. The summed E-state index contributed by atoms with van der Waals surface area (Å²) in [6.45, 7) is 8.52. The third-order valence-electron chi connectivity index (χ3n) is 6.78. The van der Waals surface area contributed by atoms with Gasteiger partial charge in [0.2, 0.25) is 0 Å². The Morgan fingerprint density at radius 3 is 2.53 bits per heavy atom. The zero-order valence-corrected chi connectivity index (χ0v) is 20.7. The molecule has 0 bridgehead atoms. The van der Waals surface area contributed by atoms with Crippen LogP contribution in [-0.2, 0) is 0 Å². The van der Waals surface area contributed by atoms with Crippen LogP contribution >= 0.6 is 0 Å². The van der Waals surface area contributed by atoms with Crippen LogP contribution < -0.4 is 9.47 Å². The molecule has 0 N–H and O–H groups in total.